The Hall–Kier alpha value is -3.15. The zero-order chi connectivity index (χ0) is 27.4. The molecule has 3 aromatic carbocycles. The van der Waals surface area contributed by atoms with Gasteiger partial charge in [0.1, 0.15) is 11.5 Å². The normalized spacial score (nSPS) is 15.1. The van der Waals surface area contributed by atoms with E-state index in [0.717, 1.165) is 74.3 Å². The van der Waals surface area contributed by atoms with E-state index in [9.17, 15) is 0 Å². The Balaban J connectivity index is 1.18. The van der Waals surface area contributed by atoms with Crippen molar-refractivity contribution in [2.75, 3.05) is 55.6 Å². The fourth-order valence-corrected chi connectivity index (χ4v) is 5.95. The number of H-pyrrole nitrogens is 1. The highest BCUT2D eigenvalue weighted by molar-refractivity contribution is 6.31. The van der Waals surface area contributed by atoms with Crippen molar-refractivity contribution in [3.8, 4) is 11.5 Å². The van der Waals surface area contributed by atoms with Gasteiger partial charge in [-0.05, 0) is 87.7 Å². The number of aromatic nitrogens is 1. The van der Waals surface area contributed by atoms with E-state index in [0.29, 0.717) is 5.92 Å². The van der Waals surface area contributed by atoms with Crippen LogP contribution in [0.2, 0.25) is 5.02 Å². The van der Waals surface area contributed by atoms with Crippen molar-refractivity contribution in [2.24, 2.45) is 0 Å². The number of halogens is 1. The molecule has 1 atom stereocenters. The van der Waals surface area contributed by atoms with Gasteiger partial charge >= 0.3 is 0 Å². The molecule has 0 spiro atoms. The first kappa shape index (κ1) is 27.4. The lowest BCUT2D eigenvalue weighted by atomic mass is 9.97. The third-order valence-corrected chi connectivity index (χ3v) is 8.46. The minimum Gasteiger partial charge on any atom is -0.457 e. The molecule has 4 aromatic rings. The standard InChI is InChI=1S/C33H41ClN4O/c1-5-37(6-2)27-9-7-10-28(22-27)39-33-12-8-11-32(25(33)4)38-19-17-36(18-20-38)16-15-24(3)30-23-35-31-14-13-26(34)21-29(30)31/h7-14,21-24,35H,5-6,15-20H2,1-4H3. The molecule has 0 bridgehead atoms. The molecule has 1 aliphatic heterocycles. The van der Waals surface area contributed by atoms with Gasteiger partial charge in [-0.15, -0.1) is 0 Å². The summed E-state index contributed by atoms with van der Waals surface area (Å²) in [6.45, 7) is 16.1. The van der Waals surface area contributed by atoms with Crippen LogP contribution in [-0.4, -0.2) is 55.7 Å². The van der Waals surface area contributed by atoms with Crippen molar-refractivity contribution >= 4 is 33.9 Å². The van der Waals surface area contributed by atoms with Gasteiger partial charge in [-0.1, -0.05) is 30.7 Å². The minimum atomic E-state index is 0.478. The first-order chi connectivity index (χ1) is 19.0. The van der Waals surface area contributed by atoms with Gasteiger partial charge in [-0.2, -0.15) is 0 Å². The second-order valence-electron chi connectivity index (χ2n) is 10.6. The molecule has 1 N–H and O–H groups in total. The van der Waals surface area contributed by atoms with Crippen molar-refractivity contribution in [3.05, 3.63) is 83.0 Å². The number of fused-ring (bicyclic) bond motifs is 1. The molecule has 0 amide bonds. The van der Waals surface area contributed by atoms with Crippen molar-refractivity contribution in [2.45, 2.75) is 40.0 Å². The molecule has 0 radical (unpaired) electrons. The Kier molecular flexibility index (Phi) is 8.69. The molecule has 0 saturated carbocycles. The lowest BCUT2D eigenvalue weighted by molar-refractivity contribution is 0.249. The van der Waals surface area contributed by atoms with Crippen molar-refractivity contribution in [3.63, 3.8) is 0 Å². The van der Waals surface area contributed by atoms with Gasteiger partial charge in [0, 0.05) is 84.4 Å². The highest BCUT2D eigenvalue weighted by Gasteiger charge is 2.21. The molecule has 39 heavy (non-hydrogen) atoms. The highest BCUT2D eigenvalue weighted by atomic mass is 35.5. The fraction of sp³-hybridized carbons (Fsp3) is 0.394. The SMILES string of the molecule is CCN(CC)c1cccc(Oc2cccc(N3CCN(CCC(C)c4c[nH]c5ccc(Cl)cc45)CC3)c2C)c1. The number of nitrogens with one attached hydrogen (secondary N) is 1. The van der Waals surface area contributed by atoms with Crippen LogP contribution in [0.25, 0.3) is 10.9 Å². The van der Waals surface area contributed by atoms with Crippen molar-refractivity contribution in [1.82, 2.24) is 9.88 Å². The molecule has 1 unspecified atom stereocenters. The van der Waals surface area contributed by atoms with E-state index in [1.165, 1.54) is 27.9 Å². The number of ether oxygens (including phenoxy) is 1. The van der Waals surface area contributed by atoms with Gasteiger partial charge in [0.05, 0.1) is 0 Å². The number of rotatable bonds is 10. The fourth-order valence-electron chi connectivity index (χ4n) is 5.78. The van der Waals surface area contributed by atoms with Crippen LogP contribution < -0.4 is 14.5 Å². The third-order valence-electron chi connectivity index (χ3n) is 8.23. The van der Waals surface area contributed by atoms with Gasteiger partial charge in [0.15, 0.2) is 0 Å². The molecule has 1 fully saturated rings. The molecular weight excluding hydrogens is 504 g/mol. The Bertz CT molecular complexity index is 1390. The Morgan fingerprint density at radius 1 is 0.974 bits per heavy atom. The monoisotopic (exact) mass is 544 g/mol. The van der Waals surface area contributed by atoms with Crippen LogP contribution >= 0.6 is 11.6 Å². The molecule has 206 valence electrons. The quantitative estimate of drug-likeness (QED) is 0.219. The number of aromatic amines is 1. The molecular formula is C33H41ClN4O. The van der Waals surface area contributed by atoms with Crippen LogP contribution in [-0.2, 0) is 0 Å². The van der Waals surface area contributed by atoms with Crippen molar-refractivity contribution < 1.29 is 4.74 Å². The van der Waals surface area contributed by atoms with Gasteiger partial charge < -0.3 is 19.5 Å². The van der Waals surface area contributed by atoms with Crippen LogP contribution in [0.4, 0.5) is 11.4 Å². The first-order valence-electron chi connectivity index (χ1n) is 14.3. The van der Waals surface area contributed by atoms with E-state index in [1.807, 2.05) is 12.1 Å². The molecule has 1 saturated heterocycles. The van der Waals surface area contributed by atoms with E-state index < -0.39 is 0 Å². The summed E-state index contributed by atoms with van der Waals surface area (Å²) in [6.07, 6.45) is 3.29. The number of benzene rings is 3. The van der Waals surface area contributed by atoms with Gasteiger partial charge in [-0.25, -0.2) is 0 Å². The van der Waals surface area contributed by atoms with E-state index in [1.54, 1.807) is 0 Å². The van der Waals surface area contributed by atoms with Gasteiger partial charge in [-0.3, -0.25) is 4.90 Å². The van der Waals surface area contributed by atoms with Gasteiger partial charge in [0.2, 0.25) is 0 Å². The molecule has 2 heterocycles. The van der Waals surface area contributed by atoms with Gasteiger partial charge in [0.25, 0.3) is 0 Å². The van der Waals surface area contributed by atoms with Crippen molar-refractivity contribution in [1.29, 1.82) is 0 Å². The maximum Gasteiger partial charge on any atom is 0.132 e. The summed E-state index contributed by atoms with van der Waals surface area (Å²) >= 11 is 6.27. The van der Waals surface area contributed by atoms with Crippen LogP contribution in [0.5, 0.6) is 11.5 Å². The first-order valence-corrected chi connectivity index (χ1v) is 14.7. The zero-order valence-corrected chi connectivity index (χ0v) is 24.5. The molecule has 6 heteroatoms. The number of anilines is 2. The second-order valence-corrected chi connectivity index (χ2v) is 11.1. The maximum atomic E-state index is 6.41. The summed E-state index contributed by atoms with van der Waals surface area (Å²) in [5.41, 5.74) is 6.20. The van der Waals surface area contributed by atoms with Crippen LogP contribution in [0.1, 0.15) is 44.2 Å². The zero-order valence-electron chi connectivity index (χ0n) is 23.7. The Morgan fingerprint density at radius 3 is 2.51 bits per heavy atom. The largest absolute Gasteiger partial charge is 0.457 e. The van der Waals surface area contributed by atoms with Crippen LogP contribution in [0.15, 0.2) is 66.9 Å². The molecule has 0 aliphatic carbocycles. The number of hydrogen-bond donors (Lipinski definition) is 1. The average Bonchev–Trinajstić information content (AvgIpc) is 3.37. The average molecular weight is 545 g/mol. The van der Waals surface area contributed by atoms with E-state index in [2.05, 4.69) is 102 Å². The summed E-state index contributed by atoms with van der Waals surface area (Å²) in [5, 5.41) is 2.04. The minimum absolute atomic E-state index is 0.478. The smallest absolute Gasteiger partial charge is 0.132 e. The predicted octanol–water partition coefficient (Wildman–Crippen LogP) is 8.08. The summed E-state index contributed by atoms with van der Waals surface area (Å²) < 4.78 is 6.41. The van der Waals surface area contributed by atoms with Crippen LogP contribution in [0, 0.1) is 6.92 Å². The van der Waals surface area contributed by atoms with Crippen LogP contribution in [0.3, 0.4) is 0 Å². The lowest BCUT2D eigenvalue weighted by Gasteiger charge is -2.37. The predicted molar refractivity (Wildman–Crippen MR) is 166 cm³/mol. The molecule has 5 nitrogen and oxygen atoms in total. The number of hydrogen-bond acceptors (Lipinski definition) is 4. The molecule has 1 aromatic heterocycles. The summed E-state index contributed by atoms with van der Waals surface area (Å²) in [4.78, 5) is 10.9. The highest BCUT2D eigenvalue weighted by Crippen LogP contribution is 2.34. The summed E-state index contributed by atoms with van der Waals surface area (Å²) in [6, 6.07) is 20.9. The number of piperazine rings is 1. The molecule has 1 aliphatic rings. The van der Waals surface area contributed by atoms with E-state index in [4.69, 9.17) is 16.3 Å². The maximum absolute atomic E-state index is 6.41. The topological polar surface area (TPSA) is 34.7 Å². The Labute approximate surface area is 238 Å². The Morgan fingerprint density at radius 2 is 1.74 bits per heavy atom. The lowest BCUT2D eigenvalue weighted by Crippen LogP contribution is -2.47. The number of nitrogens with zero attached hydrogens (tertiary/aromatic N) is 3. The second kappa shape index (κ2) is 12.4. The van der Waals surface area contributed by atoms with E-state index >= 15 is 0 Å². The summed E-state index contributed by atoms with van der Waals surface area (Å²) in [5.74, 6) is 2.29. The third kappa shape index (κ3) is 6.21. The molecule has 5 rings (SSSR count). The summed E-state index contributed by atoms with van der Waals surface area (Å²) in [7, 11) is 0. The van der Waals surface area contributed by atoms with E-state index in [-0.39, 0.29) is 0 Å².